The number of hydrogen-bond donors (Lipinski definition) is 15. The Hall–Kier alpha value is -1.67. The highest BCUT2D eigenvalue weighted by molar-refractivity contribution is 5.80. The molecular weight excluding hydrogens is 1030 g/mol. The summed E-state index contributed by atoms with van der Waals surface area (Å²) < 4.78 is 48.7. The lowest BCUT2D eigenvalue weighted by Crippen LogP contribution is -2.69. The van der Waals surface area contributed by atoms with Crippen LogP contribution >= 0.6 is 0 Å². The summed E-state index contributed by atoms with van der Waals surface area (Å²) in [6.07, 6.45) is -29.0. The van der Waals surface area contributed by atoms with Crippen molar-refractivity contribution in [2.75, 3.05) is 26.4 Å². The first kappa shape index (κ1) is 60.9. The molecule has 0 aromatic heterocycles. The van der Waals surface area contributed by atoms with Crippen molar-refractivity contribution in [3.63, 3.8) is 0 Å². The van der Waals surface area contributed by atoms with E-state index in [2.05, 4.69) is 54.5 Å². The van der Waals surface area contributed by atoms with Crippen molar-refractivity contribution in [2.24, 2.45) is 50.2 Å². The molecule has 24 nitrogen and oxygen atoms in total. The average Bonchev–Trinajstić information content (AvgIpc) is 3.39. The predicted octanol–water partition coefficient (Wildman–Crippen LogP) is -3.06. The summed E-state index contributed by atoms with van der Waals surface area (Å²) in [7, 11) is 0. The molecule has 15 N–H and O–H groups in total. The Balaban J connectivity index is 1.01. The number of allylic oxidation sites excluding steroid dienone is 2. The molecule has 0 radical (unpaired) electrons. The maximum atomic E-state index is 14.8. The number of carbonyl (C=O) groups is 1. The molecule has 5 aliphatic carbocycles. The Morgan fingerprint density at radius 1 is 0.526 bits per heavy atom. The van der Waals surface area contributed by atoms with Gasteiger partial charge in [-0.1, -0.05) is 60.1 Å². The summed E-state index contributed by atoms with van der Waals surface area (Å²) >= 11 is 0. The third-order valence-electron chi connectivity index (χ3n) is 21.5. The molecule has 0 bridgehead atoms. The second-order valence-corrected chi connectivity index (χ2v) is 26.4. The Labute approximate surface area is 453 Å². The molecule has 0 aromatic carbocycles. The first-order chi connectivity index (χ1) is 36.5. The number of aliphatic hydroxyl groups is 15. The highest BCUT2D eigenvalue weighted by Gasteiger charge is 2.72. The second kappa shape index (κ2) is 22.1. The molecule has 78 heavy (non-hydrogen) atoms. The van der Waals surface area contributed by atoms with E-state index in [-0.39, 0.29) is 35.5 Å². The highest BCUT2D eigenvalue weighted by atomic mass is 16.8. The first-order valence-corrected chi connectivity index (χ1v) is 27.9. The summed E-state index contributed by atoms with van der Waals surface area (Å²) in [5.41, 5.74) is -2.65. The minimum Gasteiger partial charge on any atom is -0.432 e. The number of fused-ring (bicyclic) bond motifs is 7. The van der Waals surface area contributed by atoms with Crippen molar-refractivity contribution in [3.05, 3.63) is 11.6 Å². The molecule has 24 heteroatoms. The van der Waals surface area contributed by atoms with Gasteiger partial charge in [-0.3, -0.25) is 4.79 Å². The maximum Gasteiger partial charge on any atom is 0.317 e. The number of aliphatic hydroxyl groups excluding tert-OH is 15. The van der Waals surface area contributed by atoms with Gasteiger partial charge in [-0.05, 0) is 103 Å². The largest absolute Gasteiger partial charge is 0.432 e. The van der Waals surface area contributed by atoms with Gasteiger partial charge in [-0.2, -0.15) is 0 Å². The van der Waals surface area contributed by atoms with E-state index in [4.69, 9.17) is 37.9 Å². The number of hydrogen-bond acceptors (Lipinski definition) is 24. The molecule has 4 saturated heterocycles. The molecular formula is C54H88O24. The number of esters is 1. The highest BCUT2D eigenvalue weighted by Crippen LogP contribution is 2.76. The number of ether oxygens (including phenoxy) is 8. The van der Waals surface area contributed by atoms with Gasteiger partial charge in [-0.15, -0.1) is 0 Å². The van der Waals surface area contributed by atoms with Crippen LogP contribution in [0.2, 0.25) is 0 Å². The molecule has 8 fully saturated rings. The molecule has 4 aliphatic heterocycles. The molecule has 0 amide bonds. The van der Waals surface area contributed by atoms with Gasteiger partial charge in [0.05, 0.1) is 38.6 Å². The molecule has 0 unspecified atom stereocenters. The van der Waals surface area contributed by atoms with E-state index < -0.39 is 195 Å². The van der Waals surface area contributed by atoms with E-state index in [1.807, 2.05) is 0 Å². The summed E-state index contributed by atoms with van der Waals surface area (Å²) in [6.45, 7) is 12.2. The van der Waals surface area contributed by atoms with Gasteiger partial charge < -0.3 is 114 Å². The topological polar surface area (TPSA) is 394 Å². The predicted molar refractivity (Wildman–Crippen MR) is 264 cm³/mol. The van der Waals surface area contributed by atoms with E-state index in [0.29, 0.717) is 44.9 Å². The summed E-state index contributed by atoms with van der Waals surface area (Å²) in [4.78, 5) is 14.8. The van der Waals surface area contributed by atoms with Gasteiger partial charge in [0.2, 0.25) is 6.29 Å². The average molecular weight is 1120 g/mol. The Bertz CT molecular complexity index is 2140. The van der Waals surface area contributed by atoms with Gasteiger partial charge in [0.1, 0.15) is 103 Å². The quantitative estimate of drug-likeness (QED) is 0.0524. The van der Waals surface area contributed by atoms with Crippen LogP contribution in [-0.4, -0.2) is 244 Å². The second-order valence-electron chi connectivity index (χ2n) is 26.4. The molecule has 9 aliphatic rings. The summed E-state index contributed by atoms with van der Waals surface area (Å²) in [5.74, 6) is -1.22. The van der Waals surface area contributed by atoms with Crippen molar-refractivity contribution >= 4 is 5.97 Å². The first-order valence-electron chi connectivity index (χ1n) is 27.9. The van der Waals surface area contributed by atoms with Crippen LogP contribution in [0.3, 0.4) is 0 Å². The normalized spacial score (nSPS) is 53.9. The van der Waals surface area contributed by atoms with Crippen molar-refractivity contribution < 1.29 is 119 Å². The number of rotatable bonds is 12. The molecule has 4 heterocycles. The maximum absolute atomic E-state index is 14.8. The molecule has 29 atom stereocenters. The monoisotopic (exact) mass is 1120 g/mol. The summed E-state index contributed by atoms with van der Waals surface area (Å²) in [5, 5.41) is 162. The van der Waals surface area contributed by atoms with Crippen LogP contribution in [0.25, 0.3) is 0 Å². The molecule has 448 valence electrons. The lowest BCUT2D eigenvalue weighted by molar-refractivity contribution is -0.399. The van der Waals surface area contributed by atoms with Crippen molar-refractivity contribution in [1.29, 1.82) is 0 Å². The zero-order valence-electron chi connectivity index (χ0n) is 45.6. The zero-order valence-corrected chi connectivity index (χ0v) is 45.6. The van der Waals surface area contributed by atoms with E-state index in [9.17, 15) is 81.4 Å². The van der Waals surface area contributed by atoms with E-state index >= 15 is 0 Å². The third-order valence-corrected chi connectivity index (χ3v) is 21.5. The van der Waals surface area contributed by atoms with Gasteiger partial charge >= 0.3 is 5.97 Å². The third kappa shape index (κ3) is 9.67. The number of carbonyl (C=O) groups excluding carboxylic acids is 1. The van der Waals surface area contributed by atoms with E-state index in [0.717, 1.165) is 5.57 Å². The van der Waals surface area contributed by atoms with Crippen LogP contribution in [0.4, 0.5) is 0 Å². The molecule has 0 aromatic rings. The lowest BCUT2D eigenvalue weighted by atomic mass is 9.33. The molecule has 9 rings (SSSR count). The van der Waals surface area contributed by atoms with Gasteiger partial charge in [0.15, 0.2) is 18.9 Å². The Kier molecular flexibility index (Phi) is 17.2. The van der Waals surface area contributed by atoms with Crippen LogP contribution in [0.5, 0.6) is 0 Å². The molecule has 4 saturated carbocycles. The van der Waals surface area contributed by atoms with E-state index in [1.165, 1.54) is 0 Å². The van der Waals surface area contributed by atoms with Gasteiger partial charge in [0, 0.05) is 0 Å². The van der Waals surface area contributed by atoms with Crippen LogP contribution in [-0.2, 0) is 42.7 Å². The van der Waals surface area contributed by atoms with Crippen LogP contribution in [0.1, 0.15) is 106 Å². The standard InChI is InChI=1S/C54H88O24/c1-49(2)14-15-54(48(70)78-46-41(69)38(66)34(62)26(20-57)73-46)23(16-49)22-8-9-29-51(5)12-11-31(50(3,4)28(51)10-13-52(29,6)53(22,7)17-30(54)59)75-47-43(77-45-40(68)37(65)33(61)25(19-56)72-45)42(35(63)27(21-58)74-47)76-44-39(67)36(64)32(60)24(18-55)71-44/h8,23-47,55-69H,9-21H2,1-7H3/t23-,24+,25+,26+,27+,28-,29+,30+,31-,32+,33+,34+,35+,36-,37-,38-,39+,40+,41+,42-,43+,44-,45-,46-,47-,51+,52-,53-,54-/m1/s1. The van der Waals surface area contributed by atoms with Crippen molar-refractivity contribution in [2.45, 2.75) is 241 Å². The van der Waals surface area contributed by atoms with Crippen LogP contribution < -0.4 is 0 Å². The molecule has 0 spiro atoms. The SMILES string of the molecule is CC1(C)CC[C@@]2(C(=O)O[C@H]3O[C@@H](CO)[C@H](O)[C@@H](O)[C@@H]3O)[C@H](C1)C1=CC[C@H]3[C@@]4(C)CC[C@@H](O[C@H]5O[C@@H](CO)[C@H](O)[C@@H](O[C@H]6O[C@@H](CO)[C@H](O)[C@@H](O)[C@@H]6O)[C@@H]5O[C@H]5O[C@@H](CO)[C@H](O)[C@@H](O)[C@@H]5O)C(C)(C)[C@H]4CC[C@@]3(C)[C@]1(C)C[C@@H]2O. The smallest absolute Gasteiger partial charge is 0.317 e. The minimum absolute atomic E-state index is 0.0242. The van der Waals surface area contributed by atoms with Crippen molar-refractivity contribution in [1.82, 2.24) is 0 Å². The van der Waals surface area contributed by atoms with Crippen molar-refractivity contribution in [3.8, 4) is 0 Å². The van der Waals surface area contributed by atoms with Gasteiger partial charge in [-0.25, -0.2) is 0 Å². The zero-order chi connectivity index (χ0) is 57.1. The van der Waals surface area contributed by atoms with Crippen LogP contribution in [0.15, 0.2) is 11.6 Å². The van der Waals surface area contributed by atoms with Crippen LogP contribution in [0, 0.1) is 50.2 Å². The summed E-state index contributed by atoms with van der Waals surface area (Å²) in [6, 6.07) is 0. The lowest BCUT2D eigenvalue weighted by Gasteiger charge is -2.72. The van der Waals surface area contributed by atoms with Gasteiger partial charge in [0.25, 0.3) is 0 Å². The fraction of sp³-hybridized carbons (Fsp3) is 0.944. The minimum atomic E-state index is -1.95. The fourth-order valence-electron chi connectivity index (χ4n) is 16.6. The van der Waals surface area contributed by atoms with E-state index in [1.54, 1.807) is 0 Å². The fourth-order valence-corrected chi connectivity index (χ4v) is 16.6. The Morgan fingerprint density at radius 2 is 1.01 bits per heavy atom. The Morgan fingerprint density at radius 3 is 1.55 bits per heavy atom.